The van der Waals surface area contributed by atoms with Gasteiger partial charge in [0, 0.05) is 38.7 Å². The average Bonchev–Trinajstić information content (AvgIpc) is 3.01. The van der Waals surface area contributed by atoms with Crippen LogP contribution in [0.5, 0.6) is 5.75 Å². The van der Waals surface area contributed by atoms with E-state index in [0.29, 0.717) is 19.4 Å². The number of nitrogens with one attached hydrogen (secondary N) is 1. The molecule has 2 fully saturated rings. The van der Waals surface area contributed by atoms with Crippen molar-refractivity contribution in [2.75, 3.05) is 47.6 Å². The number of imide groups is 1. The van der Waals surface area contributed by atoms with Crippen LogP contribution in [-0.4, -0.2) is 87.2 Å². The van der Waals surface area contributed by atoms with Crippen LogP contribution in [-0.2, 0) is 14.3 Å². The number of methoxy groups -OCH3 is 3. The van der Waals surface area contributed by atoms with Gasteiger partial charge in [-0.05, 0) is 60.9 Å². The van der Waals surface area contributed by atoms with Crippen molar-refractivity contribution in [1.29, 1.82) is 0 Å². The lowest BCUT2D eigenvalue weighted by atomic mass is 9.80. The minimum Gasteiger partial charge on any atom is -0.496 e. The number of hydrogen-bond donors (Lipinski definition) is 1. The van der Waals surface area contributed by atoms with Gasteiger partial charge in [0.1, 0.15) is 11.7 Å². The molecule has 2 aromatic rings. The molecule has 44 heavy (non-hydrogen) atoms. The van der Waals surface area contributed by atoms with Crippen molar-refractivity contribution in [2.24, 2.45) is 16.8 Å². The maximum atomic E-state index is 14.6. The van der Waals surface area contributed by atoms with Crippen LogP contribution in [0.3, 0.4) is 0 Å². The van der Waals surface area contributed by atoms with Crippen LogP contribution in [0.2, 0.25) is 0 Å². The standard InChI is InChI=1S/C32H38F2N4O6/c1-42-18-26-28(30(39)44-3)29(21-10-13-24(33)25(34)14-21)38(31(40)36-26)32(41)37(17-19-15-35-16-19)22-11-8-20(9-12-22)23-6-4-5-7-27(23)43-2/h4-7,10,13-14,19-20,22,28-29,35H,8-9,11-12,15-18H2,1-3H3. The summed E-state index contributed by atoms with van der Waals surface area (Å²) >= 11 is 0. The Morgan fingerprint density at radius 1 is 1.02 bits per heavy atom. The molecule has 1 aliphatic carbocycles. The van der Waals surface area contributed by atoms with E-state index >= 15 is 0 Å². The van der Waals surface area contributed by atoms with Gasteiger partial charge in [0.15, 0.2) is 11.6 Å². The summed E-state index contributed by atoms with van der Waals surface area (Å²) in [7, 11) is 4.20. The second kappa shape index (κ2) is 13.8. The van der Waals surface area contributed by atoms with Crippen LogP contribution in [0.1, 0.15) is 48.8 Å². The number of esters is 1. The van der Waals surface area contributed by atoms with Crippen molar-refractivity contribution in [2.45, 2.75) is 43.7 Å². The number of carbonyl (C=O) groups is 3. The van der Waals surface area contributed by atoms with Gasteiger partial charge in [-0.25, -0.2) is 23.3 Å². The summed E-state index contributed by atoms with van der Waals surface area (Å²) in [6.45, 7) is 1.64. The molecular weight excluding hydrogens is 574 g/mol. The molecule has 2 unspecified atom stereocenters. The highest BCUT2D eigenvalue weighted by atomic mass is 19.2. The van der Waals surface area contributed by atoms with Crippen LogP contribution in [0.25, 0.3) is 0 Å². The summed E-state index contributed by atoms with van der Waals surface area (Å²) in [6, 6.07) is 7.94. The number of benzene rings is 2. The van der Waals surface area contributed by atoms with Gasteiger partial charge in [-0.3, -0.25) is 4.79 Å². The number of para-hydroxylation sites is 1. The third kappa shape index (κ3) is 6.32. The normalized spacial score (nSPS) is 23.9. The third-order valence-electron chi connectivity index (χ3n) is 8.92. The minimum atomic E-state index is -1.33. The highest BCUT2D eigenvalue weighted by Crippen LogP contribution is 2.41. The molecule has 10 nitrogen and oxygen atoms in total. The maximum Gasteiger partial charge on any atom is 0.352 e. The van der Waals surface area contributed by atoms with Crippen LogP contribution in [0.15, 0.2) is 47.5 Å². The van der Waals surface area contributed by atoms with Crippen LogP contribution in [0.4, 0.5) is 18.4 Å². The van der Waals surface area contributed by atoms with Crippen LogP contribution >= 0.6 is 0 Å². The number of rotatable bonds is 9. The fourth-order valence-electron chi connectivity index (χ4n) is 6.58. The van der Waals surface area contributed by atoms with Gasteiger partial charge in [0.05, 0.1) is 32.6 Å². The molecule has 0 radical (unpaired) electrons. The molecule has 2 aromatic carbocycles. The molecule has 4 amide bonds. The molecule has 236 valence electrons. The van der Waals surface area contributed by atoms with Crippen molar-refractivity contribution < 1.29 is 37.4 Å². The summed E-state index contributed by atoms with van der Waals surface area (Å²) in [4.78, 5) is 48.1. The smallest absolute Gasteiger partial charge is 0.352 e. The summed E-state index contributed by atoms with van der Waals surface area (Å²) in [5.41, 5.74) is 1.23. The molecule has 2 aliphatic heterocycles. The Morgan fingerprint density at radius 2 is 1.75 bits per heavy atom. The number of carbonyl (C=O) groups excluding carboxylic acids is 3. The van der Waals surface area contributed by atoms with E-state index in [-0.39, 0.29) is 35.8 Å². The number of hydrogen-bond acceptors (Lipinski definition) is 7. The van der Waals surface area contributed by atoms with Gasteiger partial charge in [-0.1, -0.05) is 24.3 Å². The number of amides is 4. The number of urea groups is 2. The first-order valence-electron chi connectivity index (χ1n) is 14.8. The first-order chi connectivity index (χ1) is 21.3. The molecule has 3 aliphatic rings. The van der Waals surface area contributed by atoms with Gasteiger partial charge < -0.3 is 24.4 Å². The molecule has 0 spiro atoms. The zero-order valence-corrected chi connectivity index (χ0v) is 25.1. The van der Waals surface area contributed by atoms with Crippen molar-refractivity contribution in [3.63, 3.8) is 0 Å². The Hall–Kier alpha value is -3.90. The van der Waals surface area contributed by atoms with Crippen molar-refractivity contribution in [3.8, 4) is 5.75 Å². The van der Waals surface area contributed by atoms with E-state index in [4.69, 9.17) is 14.2 Å². The Bertz CT molecular complexity index is 1410. The topological polar surface area (TPSA) is 110 Å². The van der Waals surface area contributed by atoms with Gasteiger partial charge >= 0.3 is 18.0 Å². The average molecular weight is 613 g/mol. The molecule has 1 saturated carbocycles. The van der Waals surface area contributed by atoms with E-state index < -0.39 is 41.6 Å². The summed E-state index contributed by atoms with van der Waals surface area (Å²) in [5, 5.41) is 3.23. The van der Waals surface area contributed by atoms with Gasteiger partial charge in [-0.15, -0.1) is 0 Å². The van der Waals surface area contributed by atoms with Gasteiger partial charge in [0.25, 0.3) is 0 Å². The molecule has 2 atom stereocenters. The highest BCUT2D eigenvalue weighted by Gasteiger charge is 2.49. The first-order valence-corrected chi connectivity index (χ1v) is 14.8. The minimum absolute atomic E-state index is 0.0372. The lowest BCUT2D eigenvalue weighted by molar-refractivity contribution is -0.144. The second-order valence-electron chi connectivity index (χ2n) is 11.5. The lowest BCUT2D eigenvalue weighted by Gasteiger charge is -2.45. The van der Waals surface area contributed by atoms with Crippen molar-refractivity contribution in [3.05, 3.63) is 65.2 Å². The Balaban J connectivity index is 1.50. The molecule has 1 N–H and O–H groups in total. The zero-order valence-electron chi connectivity index (χ0n) is 25.1. The second-order valence-corrected chi connectivity index (χ2v) is 11.5. The largest absolute Gasteiger partial charge is 0.496 e. The van der Waals surface area contributed by atoms with Crippen molar-refractivity contribution >= 4 is 23.7 Å². The molecule has 5 rings (SSSR count). The molecular formula is C32H38F2N4O6. The Kier molecular flexibility index (Phi) is 9.90. The Morgan fingerprint density at radius 3 is 2.36 bits per heavy atom. The van der Waals surface area contributed by atoms with E-state index in [2.05, 4.69) is 16.4 Å². The fraction of sp³-hybridized carbons (Fsp3) is 0.500. The predicted molar refractivity (Wildman–Crippen MR) is 158 cm³/mol. The quantitative estimate of drug-likeness (QED) is 0.409. The van der Waals surface area contributed by atoms with E-state index in [1.165, 1.54) is 20.3 Å². The molecule has 1 saturated heterocycles. The summed E-state index contributed by atoms with van der Waals surface area (Å²) in [6.07, 6.45) is 2.98. The number of ether oxygens (including phenoxy) is 3. The van der Waals surface area contributed by atoms with Crippen LogP contribution < -0.4 is 10.1 Å². The lowest BCUT2D eigenvalue weighted by Crippen LogP contribution is -2.59. The fourth-order valence-corrected chi connectivity index (χ4v) is 6.58. The summed E-state index contributed by atoms with van der Waals surface area (Å²) in [5.74, 6) is -3.07. The molecule has 2 heterocycles. The number of halogens is 2. The van der Waals surface area contributed by atoms with Crippen molar-refractivity contribution in [1.82, 2.24) is 15.1 Å². The van der Waals surface area contributed by atoms with E-state index in [1.54, 1.807) is 12.0 Å². The third-order valence-corrected chi connectivity index (χ3v) is 8.92. The van der Waals surface area contributed by atoms with E-state index in [0.717, 1.165) is 54.3 Å². The highest BCUT2D eigenvalue weighted by molar-refractivity contribution is 6.12. The molecule has 0 bridgehead atoms. The van der Waals surface area contributed by atoms with E-state index in [1.807, 2.05) is 18.2 Å². The number of aliphatic imine (C=N–C) groups is 1. The predicted octanol–water partition coefficient (Wildman–Crippen LogP) is 4.69. The maximum absolute atomic E-state index is 14.6. The molecule has 12 heteroatoms. The zero-order chi connectivity index (χ0) is 31.4. The first kappa shape index (κ1) is 31.5. The number of nitrogens with zero attached hydrogens (tertiary/aromatic N) is 3. The van der Waals surface area contributed by atoms with Crippen LogP contribution in [0, 0.1) is 23.5 Å². The summed E-state index contributed by atoms with van der Waals surface area (Å²) < 4.78 is 44.4. The Labute approximate surface area is 255 Å². The SMILES string of the molecule is COCC1=NC(=O)N(C(=O)N(CC2CNC2)C2CCC(c3ccccc3OC)CC2)C(c2ccc(F)c(F)c2)C1C(=O)OC. The molecule has 0 aromatic heterocycles. The monoisotopic (exact) mass is 612 g/mol. The van der Waals surface area contributed by atoms with E-state index in [9.17, 15) is 23.2 Å². The van der Waals surface area contributed by atoms with Gasteiger partial charge in [-0.2, -0.15) is 4.99 Å². The van der Waals surface area contributed by atoms with Gasteiger partial charge in [0.2, 0.25) is 0 Å².